The number of nitrogens with one attached hydrogen (secondary N) is 1. The first-order valence-electron chi connectivity index (χ1n) is 7.02. The highest BCUT2D eigenvalue weighted by Crippen LogP contribution is 2.03. The van der Waals surface area contributed by atoms with Gasteiger partial charge in [-0.25, -0.2) is 9.97 Å². The topological polar surface area (TPSA) is 79.6 Å². The molecule has 0 aliphatic carbocycles. The van der Waals surface area contributed by atoms with Crippen LogP contribution < -0.4 is 5.32 Å². The fraction of sp³-hybridized carbons (Fsp3) is 0.333. The number of aryl methyl sites for hydroxylation is 1. The molecule has 2 aromatic heterocycles. The van der Waals surface area contributed by atoms with Gasteiger partial charge in [-0.05, 0) is 26.0 Å². The Kier molecular flexibility index (Phi) is 4.88. The van der Waals surface area contributed by atoms with Crippen molar-refractivity contribution in [1.82, 2.24) is 24.6 Å². The number of fused-ring (bicyclic) bond motifs is 1. The average Bonchev–Trinajstić information content (AvgIpc) is 2.91. The van der Waals surface area contributed by atoms with Crippen LogP contribution in [0.15, 0.2) is 31.1 Å². The molecule has 0 bridgehead atoms. The fourth-order valence-electron chi connectivity index (χ4n) is 1.99. The van der Waals surface area contributed by atoms with Crippen molar-refractivity contribution in [2.45, 2.75) is 20.4 Å². The summed E-state index contributed by atoms with van der Waals surface area (Å²) in [5.41, 5.74) is 1.60. The van der Waals surface area contributed by atoms with E-state index in [-0.39, 0.29) is 18.4 Å². The number of aromatic nitrogens is 3. The van der Waals surface area contributed by atoms with Gasteiger partial charge in [0, 0.05) is 24.6 Å². The minimum absolute atomic E-state index is 0.00603. The maximum atomic E-state index is 11.9. The number of likely N-dealkylation sites (N-methyl/N-ethyl adjacent to an activating group) is 1. The number of nitrogens with zero attached hydrogens (tertiary/aromatic N) is 4. The zero-order valence-corrected chi connectivity index (χ0v) is 12.7. The van der Waals surface area contributed by atoms with Gasteiger partial charge in [-0.15, -0.1) is 0 Å². The molecule has 0 aliphatic rings. The summed E-state index contributed by atoms with van der Waals surface area (Å²) in [6.45, 7) is 7.88. The van der Waals surface area contributed by atoms with Crippen molar-refractivity contribution < 1.29 is 9.59 Å². The molecule has 2 aromatic rings. The lowest BCUT2D eigenvalue weighted by atomic mass is 10.4. The molecule has 2 heterocycles. The smallest absolute Gasteiger partial charge is 0.246 e. The highest BCUT2D eigenvalue weighted by molar-refractivity contribution is 5.90. The van der Waals surface area contributed by atoms with Crippen molar-refractivity contribution in [3.63, 3.8) is 0 Å². The van der Waals surface area contributed by atoms with Crippen LogP contribution in [0.2, 0.25) is 0 Å². The Morgan fingerprint density at radius 3 is 2.91 bits per heavy atom. The number of amides is 2. The Labute approximate surface area is 128 Å². The molecule has 2 amide bonds. The highest BCUT2D eigenvalue weighted by atomic mass is 16.2. The average molecular weight is 301 g/mol. The minimum atomic E-state index is -0.259. The van der Waals surface area contributed by atoms with E-state index in [1.807, 2.05) is 32.3 Å². The van der Waals surface area contributed by atoms with Crippen molar-refractivity contribution in [2.75, 3.05) is 13.1 Å². The van der Waals surface area contributed by atoms with Gasteiger partial charge in [0.25, 0.3) is 0 Å². The quantitative estimate of drug-likeness (QED) is 0.796. The van der Waals surface area contributed by atoms with Gasteiger partial charge in [0.15, 0.2) is 0 Å². The maximum absolute atomic E-state index is 11.9. The van der Waals surface area contributed by atoms with Crippen LogP contribution >= 0.6 is 0 Å². The van der Waals surface area contributed by atoms with Crippen molar-refractivity contribution in [3.05, 3.63) is 42.5 Å². The first-order valence-corrected chi connectivity index (χ1v) is 7.02. The normalized spacial score (nSPS) is 10.5. The lowest BCUT2D eigenvalue weighted by Gasteiger charge is -2.18. The second kappa shape index (κ2) is 6.84. The zero-order valence-electron chi connectivity index (χ0n) is 12.7. The van der Waals surface area contributed by atoms with Crippen LogP contribution in [0.25, 0.3) is 5.78 Å². The monoisotopic (exact) mass is 301 g/mol. The van der Waals surface area contributed by atoms with Gasteiger partial charge < -0.3 is 10.2 Å². The predicted molar refractivity (Wildman–Crippen MR) is 82.0 cm³/mol. The van der Waals surface area contributed by atoms with Gasteiger partial charge in [0.2, 0.25) is 17.6 Å². The molecule has 7 nitrogen and oxygen atoms in total. The fourth-order valence-corrected chi connectivity index (χ4v) is 1.99. The third kappa shape index (κ3) is 3.69. The third-order valence-corrected chi connectivity index (χ3v) is 3.18. The lowest BCUT2D eigenvalue weighted by Crippen LogP contribution is -2.39. The summed E-state index contributed by atoms with van der Waals surface area (Å²) in [4.78, 5) is 33.4. The van der Waals surface area contributed by atoms with Gasteiger partial charge >= 0.3 is 0 Å². The van der Waals surface area contributed by atoms with E-state index in [9.17, 15) is 9.59 Å². The van der Waals surface area contributed by atoms with E-state index in [1.165, 1.54) is 11.0 Å². The molecule has 0 unspecified atom stereocenters. The number of carbonyl (C=O) groups is 2. The molecule has 0 atom stereocenters. The molecule has 0 aliphatic heterocycles. The molecule has 0 aromatic carbocycles. The third-order valence-electron chi connectivity index (χ3n) is 3.18. The van der Waals surface area contributed by atoms with Gasteiger partial charge in [-0.3, -0.25) is 14.0 Å². The Balaban J connectivity index is 1.94. The summed E-state index contributed by atoms with van der Waals surface area (Å²) in [7, 11) is 0. The number of hydrogen-bond acceptors (Lipinski definition) is 4. The molecular formula is C15H19N5O2. The van der Waals surface area contributed by atoms with Crippen LogP contribution in [0.5, 0.6) is 0 Å². The van der Waals surface area contributed by atoms with Crippen LogP contribution in [0.3, 0.4) is 0 Å². The SMILES string of the molecule is C=CC(=O)N(CC)CC(=O)NCc1cn2ccc(C)nc2n1. The van der Waals surface area contributed by atoms with E-state index in [2.05, 4.69) is 21.9 Å². The standard InChI is InChI=1S/C15H19N5O2/c1-4-14(22)19(5-2)10-13(21)16-8-12-9-20-7-6-11(3)17-15(20)18-12/h4,6-7,9H,1,5,8,10H2,2-3H3,(H,16,21). The van der Waals surface area contributed by atoms with Gasteiger partial charge in [-0.1, -0.05) is 6.58 Å². The Hall–Kier alpha value is -2.70. The van der Waals surface area contributed by atoms with Crippen molar-refractivity contribution in [1.29, 1.82) is 0 Å². The van der Waals surface area contributed by atoms with E-state index in [4.69, 9.17) is 0 Å². The van der Waals surface area contributed by atoms with E-state index < -0.39 is 0 Å². The molecule has 2 rings (SSSR count). The predicted octanol–water partition coefficient (Wildman–Crippen LogP) is 0.688. The maximum Gasteiger partial charge on any atom is 0.246 e. The summed E-state index contributed by atoms with van der Waals surface area (Å²) >= 11 is 0. The van der Waals surface area contributed by atoms with Crippen LogP contribution in [0.4, 0.5) is 0 Å². The zero-order chi connectivity index (χ0) is 16.1. The summed E-state index contributed by atoms with van der Waals surface area (Å²) in [5.74, 6) is 0.101. The van der Waals surface area contributed by atoms with Crippen LogP contribution in [-0.2, 0) is 16.1 Å². The first-order chi connectivity index (χ1) is 10.5. The van der Waals surface area contributed by atoms with Crippen LogP contribution in [0.1, 0.15) is 18.3 Å². The number of rotatable bonds is 6. The Bertz CT molecular complexity index is 707. The minimum Gasteiger partial charge on any atom is -0.349 e. The van der Waals surface area contributed by atoms with E-state index >= 15 is 0 Å². The second-order valence-corrected chi connectivity index (χ2v) is 4.84. The second-order valence-electron chi connectivity index (χ2n) is 4.84. The number of imidazole rings is 1. The first kappa shape index (κ1) is 15.7. The highest BCUT2D eigenvalue weighted by Gasteiger charge is 2.13. The van der Waals surface area contributed by atoms with Crippen molar-refractivity contribution in [2.24, 2.45) is 0 Å². The Morgan fingerprint density at radius 1 is 1.45 bits per heavy atom. The summed E-state index contributed by atoms with van der Waals surface area (Å²) < 4.78 is 1.80. The molecule has 22 heavy (non-hydrogen) atoms. The largest absolute Gasteiger partial charge is 0.349 e. The van der Waals surface area contributed by atoms with Gasteiger partial charge in [0.05, 0.1) is 18.8 Å². The van der Waals surface area contributed by atoms with E-state index in [0.29, 0.717) is 24.6 Å². The number of hydrogen-bond donors (Lipinski definition) is 1. The molecule has 0 saturated carbocycles. The molecule has 0 fully saturated rings. The molecule has 0 spiro atoms. The number of carbonyl (C=O) groups excluding carboxylic acids is 2. The molecule has 116 valence electrons. The summed E-state index contributed by atoms with van der Waals surface area (Å²) in [5, 5.41) is 2.75. The molecule has 1 N–H and O–H groups in total. The van der Waals surface area contributed by atoms with Crippen molar-refractivity contribution >= 4 is 17.6 Å². The summed E-state index contributed by atoms with van der Waals surface area (Å²) in [6, 6.07) is 1.89. The summed E-state index contributed by atoms with van der Waals surface area (Å²) in [6.07, 6.45) is 4.89. The van der Waals surface area contributed by atoms with E-state index in [1.54, 1.807) is 4.40 Å². The lowest BCUT2D eigenvalue weighted by molar-refractivity contribution is -0.132. The molecule has 7 heteroatoms. The molecular weight excluding hydrogens is 282 g/mol. The van der Waals surface area contributed by atoms with Gasteiger partial charge in [-0.2, -0.15) is 0 Å². The van der Waals surface area contributed by atoms with E-state index in [0.717, 1.165) is 5.69 Å². The van der Waals surface area contributed by atoms with Crippen LogP contribution in [-0.4, -0.2) is 44.2 Å². The molecule has 0 radical (unpaired) electrons. The van der Waals surface area contributed by atoms with Gasteiger partial charge in [0.1, 0.15) is 0 Å². The molecule has 0 saturated heterocycles. The van der Waals surface area contributed by atoms with Crippen LogP contribution in [0, 0.1) is 6.92 Å². The Morgan fingerprint density at radius 2 is 2.23 bits per heavy atom. The van der Waals surface area contributed by atoms with Crippen molar-refractivity contribution in [3.8, 4) is 0 Å².